The lowest BCUT2D eigenvalue weighted by Crippen LogP contribution is -2.35. The first kappa shape index (κ1) is 22.8. The first-order valence-electron chi connectivity index (χ1n) is 9.96. The molecular formula is C24H25F3N2O2. The van der Waals surface area contributed by atoms with E-state index in [0.29, 0.717) is 19.6 Å². The third-order valence-corrected chi connectivity index (χ3v) is 4.85. The van der Waals surface area contributed by atoms with Crippen molar-refractivity contribution >= 4 is 0 Å². The molecule has 0 spiro atoms. The Morgan fingerprint density at radius 3 is 2.32 bits per heavy atom. The summed E-state index contributed by atoms with van der Waals surface area (Å²) in [6.07, 6.45) is -3.46. The Morgan fingerprint density at radius 2 is 1.68 bits per heavy atom. The molecule has 1 unspecified atom stereocenters. The maximum absolute atomic E-state index is 12.7. The molecule has 0 aliphatic rings. The average molecular weight is 430 g/mol. The van der Waals surface area contributed by atoms with Crippen LogP contribution in [0, 0.1) is 6.92 Å². The van der Waals surface area contributed by atoms with Crippen LogP contribution in [0.15, 0.2) is 72.9 Å². The van der Waals surface area contributed by atoms with Gasteiger partial charge in [-0.15, -0.1) is 0 Å². The van der Waals surface area contributed by atoms with Gasteiger partial charge >= 0.3 is 6.18 Å². The van der Waals surface area contributed by atoms with Gasteiger partial charge in [-0.1, -0.05) is 36.4 Å². The molecule has 4 nitrogen and oxygen atoms in total. The van der Waals surface area contributed by atoms with Crippen molar-refractivity contribution in [1.82, 2.24) is 9.88 Å². The van der Waals surface area contributed by atoms with Crippen molar-refractivity contribution in [3.63, 3.8) is 0 Å². The van der Waals surface area contributed by atoms with E-state index in [1.54, 1.807) is 6.20 Å². The SMILES string of the molecule is Cc1ncccc1CN(Cc1ccccc1)CC(O)COc1ccc(C(F)(F)F)cc1. The van der Waals surface area contributed by atoms with E-state index in [-0.39, 0.29) is 12.4 Å². The number of hydrogen-bond acceptors (Lipinski definition) is 4. The first-order chi connectivity index (χ1) is 14.8. The fourth-order valence-electron chi connectivity index (χ4n) is 3.24. The highest BCUT2D eigenvalue weighted by atomic mass is 19.4. The number of aliphatic hydroxyl groups is 1. The molecule has 7 heteroatoms. The number of rotatable bonds is 9. The minimum absolute atomic E-state index is 0.0251. The highest BCUT2D eigenvalue weighted by Gasteiger charge is 2.30. The van der Waals surface area contributed by atoms with E-state index >= 15 is 0 Å². The van der Waals surface area contributed by atoms with Gasteiger partial charge in [0.2, 0.25) is 0 Å². The lowest BCUT2D eigenvalue weighted by molar-refractivity contribution is -0.137. The number of hydrogen-bond donors (Lipinski definition) is 1. The van der Waals surface area contributed by atoms with Crippen LogP contribution >= 0.6 is 0 Å². The van der Waals surface area contributed by atoms with Crippen molar-refractivity contribution in [3.05, 3.63) is 95.3 Å². The number of aryl methyl sites for hydroxylation is 1. The van der Waals surface area contributed by atoms with E-state index in [0.717, 1.165) is 29.0 Å². The molecule has 2 aromatic carbocycles. The molecule has 3 rings (SSSR count). The Bertz CT molecular complexity index is 947. The summed E-state index contributed by atoms with van der Waals surface area (Å²) in [7, 11) is 0. The molecule has 3 aromatic rings. The summed E-state index contributed by atoms with van der Waals surface area (Å²) in [6.45, 7) is 3.49. The smallest absolute Gasteiger partial charge is 0.416 e. The van der Waals surface area contributed by atoms with E-state index in [2.05, 4.69) is 9.88 Å². The van der Waals surface area contributed by atoms with Crippen molar-refractivity contribution in [2.75, 3.05) is 13.2 Å². The highest BCUT2D eigenvalue weighted by molar-refractivity contribution is 5.29. The second-order valence-corrected chi connectivity index (χ2v) is 7.39. The molecule has 0 amide bonds. The maximum Gasteiger partial charge on any atom is 0.416 e. The summed E-state index contributed by atoms with van der Waals surface area (Å²) in [4.78, 5) is 6.42. The quantitative estimate of drug-likeness (QED) is 0.527. The number of benzene rings is 2. The van der Waals surface area contributed by atoms with Gasteiger partial charge in [0.05, 0.1) is 5.56 Å². The van der Waals surface area contributed by atoms with Gasteiger partial charge in [-0.2, -0.15) is 13.2 Å². The molecule has 0 bridgehead atoms. The molecule has 0 fully saturated rings. The lowest BCUT2D eigenvalue weighted by Gasteiger charge is -2.26. The number of ether oxygens (including phenoxy) is 1. The summed E-state index contributed by atoms with van der Waals surface area (Å²) >= 11 is 0. The number of halogens is 3. The molecule has 0 saturated carbocycles. The monoisotopic (exact) mass is 430 g/mol. The third kappa shape index (κ3) is 7.08. The Kier molecular flexibility index (Phi) is 7.65. The lowest BCUT2D eigenvalue weighted by atomic mass is 10.1. The van der Waals surface area contributed by atoms with E-state index in [9.17, 15) is 18.3 Å². The number of aromatic nitrogens is 1. The van der Waals surface area contributed by atoms with Crippen LogP contribution in [0.5, 0.6) is 5.75 Å². The van der Waals surface area contributed by atoms with Gasteiger partial charge in [0.25, 0.3) is 0 Å². The van der Waals surface area contributed by atoms with E-state index in [4.69, 9.17) is 4.74 Å². The minimum atomic E-state index is -4.39. The molecule has 164 valence electrons. The van der Waals surface area contributed by atoms with Crippen molar-refractivity contribution in [3.8, 4) is 5.75 Å². The van der Waals surface area contributed by atoms with Gasteiger partial charge in [-0.3, -0.25) is 9.88 Å². The molecule has 0 aliphatic carbocycles. The Hall–Kier alpha value is -2.90. The van der Waals surface area contributed by atoms with Gasteiger partial charge < -0.3 is 9.84 Å². The summed E-state index contributed by atoms with van der Waals surface area (Å²) in [5.74, 6) is 0.282. The largest absolute Gasteiger partial charge is 0.491 e. The summed E-state index contributed by atoms with van der Waals surface area (Å²) in [5, 5.41) is 10.5. The van der Waals surface area contributed by atoms with Crippen LogP contribution in [0.4, 0.5) is 13.2 Å². The summed E-state index contributed by atoms with van der Waals surface area (Å²) in [5.41, 5.74) is 2.37. The van der Waals surface area contributed by atoms with Gasteiger partial charge in [-0.05, 0) is 48.4 Å². The van der Waals surface area contributed by atoms with Crippen LogP contribution in [0.25, 0.3) is 0 Å². The zero-order chi connectivity index (χ0) is 22.3. The van der Waals surface area contributed by atoms with Crippen molar-refractivity contribution in [1.29, 1.82) is 0 Å². The summed E-state index contributed by atoms with van der Waals surface area (Å²) < 4.78 is 43.5. The summed E-state index contributed by atoms with van der Waals surface area (Å²) in [6, 6.07) is 18.3. The van der Waals surface area contributed by atoms with E-state index in [1.165, 1.54) is 12.1 Å². The van der Waals surface area contributed by atoms with E-state index in [1.807, 2.05) is 49.4 Å². The number of pyridine rings is 1. The second kappa shape index (κ2) is 10.4. The predicted octanol–water partition coefficient (Wildman–Crippen LogP) is 4.85. The first-order valence-corrected chi connectivity index (χ1v) is 9.96. The fourth-order valence-corrected chi connectivity index (χ4v) is 3.24. The van der Waals surface area contributed by atoms with Crippen LogP contribution in [0.3, 0.4) is 0 Å². The van der Waals surface area contributed by atoms with Crippen LogP contribution in [-0.4, -0.2) is 34.2 Å². The van der Waals surface area contributed by atoms with Crippen molar-refractivity contribution in [2.24, 2.45) is 0 Å². The van der Waals surface area contributed by atoms with Crippen LogP contribution in [0.1, 0.15) is 22.4 Å². The van der Waals surface area contributed by atoms with Gasteiger partial charge in [0, 0.05) is 31.5 Å². The maximum atomic E-state index is 12.7. The number of nitrogens with zero attached hydrogens (tertiary/aromatic N) is 2. The topological polar surface area (TPSA) is 45.6 Å². The molecule has 0 aliphatic heterocycles. The van der Waals surface area contributed by atoms with Crippen LogP contribution in [-0.2, 0) is 19.3 Å². The fraction of sp³-hybridized carbons (Fsp3) is 0.292. The molecule has 0 radical (unpaired) electrons. The zero-order valence-corrected chi connectivity index (χ0v) is 17.2. The molecule has 31 heavy (non-hydrogen) atoms. The molecular weight excluding hydrogens is 405 g/mol. The van der Waals surface area contributed by atoms with Crippen molar-refractivity contribution < 1.29 is 23.0 Å². The average Bonchev–Trinajstić information content (AvgIpc) is 2.74. The third-order valence-electron chi connectivity index (χ3n) is 4.85. The zero-order valence-electron chi connectivity index (χ0n) is 17.2. The van der Waals surface area contributed by atoms with E-state index < -0.39 is 17.8 Å². The highest BCUT2D eigenvalue weighted by Crippen LogP contribution is 2.30. The van der Waals surface area contributed by atoms with Gasteiger partial charge in [-0.25, -0.2) is 0 Å². The predicted molar refractivity (Wildman–Crippen MR) is 112 cm³/mol. The Morgan fingerprint density at radius 1 is 0.968 bits per heavy atom. The normalized spacial score (nSPS) is 12.7. The number of aliphatic hydroxyl groups excluding tert-OH is 1. The Balaban J connectivity index is 1.62. The van der Waals surface area contributed by atoms with Crippen molar-refractivity contribution in [2.45, 2.75) is 32.3 Å². The van der Waals surface area contributed by atoms with Gasteiger partial charge in [0.1, 0.15) is 18.5 Å². The second-order valence-electron chi connectivity index (χ2n) is 7.39. The molecule has 0 saturated heterocycles. The van der Waals surface area contributed by atoms with Crippen LogP contribution < -0.4 is 4.74 Å². The molecule has 1 aromatic heterocycles. The number of alkyl halides is 3. The molecule has 1 heterocycles. The van der Waals surface area contributed by atoms with Crippen LogP contribution in [0.2, 0.25) is 0 Å². The molecule has 1 N–H and O–H groups in total. The van der Waals surface area contributed by atoms with Gasteiger partial charge in [0.15, 0.2) is 0 Å². The standard InChI is InChI=1S/C24H25F3N2O2/c1-18-20(8-5-13-28-18)15-29(14-19-6-3-2-4-7-19)16-22(30)17-31-23-11-9-21(10-12-23)24(25,26)27/h2-13,22,30H,14-17H2,1H3. The molecule has 1 atom stereocenters. The minimum Gasteiger partial charge on any atom is -0.491 e. The Labute approximate surface area is 179 Å².